The first-order valence-electron chi connectivity index (χ1n) is 6.71. The second-order valence-electron chi connectivity index (χ2n) is 5.09. The van der Waals surface area contributed by atoms with E-state index in [1.165, 1.54) is 5.56 Å². The van der Waals surface area contributed by atoms with Crippen LogP contribution in [0, 0.1) is 13.8 Å². The number of rotatable bonds is 4. The van der Waals surface area contributed by atoms with Gasteiger partial charge in [0.2, 0.25) is 11.8 Å². The predicted octanol–water partition coefficient (Wildman–Crippen LogP) is 2.58. The van der Waals surface area contributed by atoms with Gasteiger partial charge >= 0.3 is 0 Å². The van der Waals surface area contributed by atoms with Gasteiger partial charge in [-0.2, -0.15) is 0 Å². The minimum Gasteiger partial charge on any atom is -0.366 e. The molecule has 2 aromatic rings. The number of benzene rings is 2. The number of nitrogens with two attached hydrogens (primary N) is 1. The number of primary amides is 1. The zero-order chi connectivity index (χ0) is 15.4. The largest absolute Gasteiger partial charge is 0.366 e. The van der Waals surface area contributed by atoms with Crippen molar-refractivity contribution in [3.8, 4) is 0 Å². The maximum absolute atomic E-state index is 12.0. The third-order valence-corrected chi connectivity index (χ3v) is 3.37. The molecule has 0 radical (unpaired) electrons. The molecule has 0 aliphatic carbocycles. The molecule has 0 heterocycles. The van der Waals surface area contributed by atoms with Crippen molar-refractivity contribution in [2.45, 2.75) is 20.3 Å². The summed E-state index contributed by atoms with van der Waals surface area (Å²) in [4.78, 5) is 23.1. The van der Waals surface area contributed by atoms with Gasteiger partial charge in [-0.15, -0.1) is 0 Å². The number of hydrogen-bond acceptors (Lipinski definition) is 2. The molecule has 0 aromatic heterocycles. The van der Waals surface area contributed by atoms with Gasteiger partial charge in [-0.05, 0) is 48.7 Å². The van der Waals surface area contributed by atoms with Crippen molar-refractivity contribution < 1.29 is 9.59 Å². The molecule has 0 fully saturated rings. The molecule has 0 unspecified atom stereocenters. The molecule has 2 rings (SSSR count). The molecule has 0 saturated carbocycles. The quantitative estimate of drug-likeness (QED) is 0.904. The van der Waals surface area contributed by atoms with Gasteiger partial charge in [-0.25, -0.2) is 0 Å². The fourth-order valence-electron chi connectivity index (χ4n) is 2.05. The summed E-state index contributed by atoms with van der Waals surface area (Å²) in [5.74, 6) is -0.639. The van der Waals surface area contributed by atoms with E-state index in [9.17, 15) is 9.59 Å². The Labute approximate surface area is 124 Å². The van der Waals surface area contributed by atoms with Crippen molar-refractivity contribution in [3.05, 3.63) is 64.7 Å². The van der Waals surface area contributed by atoms with Crippen LogP contribution in [0.25, 0.3) is 0 Å². The van der Waals surface area contributed by atoms with Gasteiger partial charge < -0.3 is 11.1 Å². The topological polar surface area (TPSA) is 72.2 Å². The highest BCUT2D eigenvalue weighted by Gasteiger charge is 2.07. The summed E-state index contributed by atoms with van der Waals surface area (Å²) >= 11 is 0. The molecule has 0 atom stereocenters. The third kappa shape index (κ3) is 3.92. The highest BCUT2D eigenvalue weighted by atomic mass is 16.2. The highest BCUT2D eigenvalue weighted by Crippen LogP contribution is 2.13. The minimum atomic E-state index is -0.514. The van der Waals surface area contributed by atoms with E-state index in [0.717, 1.165) is 11.1 Å². The van der Waals surface area contributed by atoms with E-state index in [1.807, 2.05) is 32.0 Å². The first-order chi connectivity index (χ1) is 9.95. The average Bonchev–Trinajstić information content (AvgIpc) is 2.43. The second-order valence-corrected chi connectivity index (χ2v) is 5.09. The first-order valence-corrected chi connectivity index (χ1v) is 6.71. The molecular formula is C17H18N2O2. The molecule has 4 heteroatoms. The van der Waals surface area contributed by atoms with Gasteiger partial charge in [0.25, 0.3) is 0 Å². The number of nitrogens with one attached hydrogen (secondary N) is 1. The zero-order valence-electron chi connectivity index (χ0n) is 12.1. The maximum Gasteiger partial charge on any atom is 0.248 e. The maximum atomic E-state index is 12.0. The van der Waals surface area contributed by atoms with Crippen LogP contribution < -0.4 is 11.1 Å². The summed E-state index contributed by atoms with van der Waals surface area (Å²) in [7, 11) is 0. The summed E-state index contributed by atoms with van der Waals surface area (Å²) in [5, 5.41) is 2.77. The Morgan fingerprint density at radius 2 is 1.81 bits per heavy atom. The highest BCUT2D eigenvalue weighted by molar-refractivity contribution is 5.96. The van der Waals surface area contributed by atoms with Crippen LogP contribution in [-0.2, 0) is 11.2 Å². The van der Waals surface area contributed by atoms with Crippen LogP contribution in [0.5, 0.6) is 0 Å². The van der Waals surface area contributed by atoms with E-state index in [0.29, 0.717) is 17.7 Å². The molecule has 4 nitrogen and oxygen atoms in total. The summed E-state index contributed by atoms with van der Waals surface area (Å²) in [5.41, 5.74) is 9.48. The Morgan fingerprint density at radius 1 is 1.05 bits per heavy atom. The Hall–Kier alpha value is -2.62. The predicted molar refractivity (Wildman–Crippen MR) is 83.2 cm³/mol. The van der Waals surface area contributed by atoms with Crippen LogP contribution in [0.3, 0.4) is 0 Å². The minimum absolute atomic E-state index is 0.125. The number of anilines is 1. The SMILES string of the molecule is Cc1ccc(CC(=O)Nc2cccc(C(N)=O)c2)cc1C. The number of hydrogen-bond donors (Lipinski definition) is 2. The van der Waals surface area contributed by atoms with Crippen LogP contribution in [0.2, 0.25) is 0 Å². The standard InChI is InChI=1S/C17H18N2O2/c1-11-6-7-13(8-12(11)2)9-16(20)19-15-5-3-4-14(10-15)17(18)21/h3-8,10H,9H2,1-2H3,(H2,18,21)(H,19,20). The van der Waals surface area contributed by atoms with Crippen molar-refractivity contribution in [1.29, 1.82) is 0 Å². The van der Waals surface area contributed by atoms with E-state index in [4.69, 9.17) is 5.73 Å². The lowest BCUT2D eigenvalue weighted by molar-refractivity contribution is -0.115. The summed E-state index contributed by atoms with van der Waals surface area (Å²) in [6.07, 6.45) is 0.294. The fraction of sp³-hybridized carbons (Fsp3) is 0.176. The lowest BCUT2D eigenvalue weighted by atomic mass is 10.0. The van der Waals surface area contributed by atoms with Gasteiger partial charge in [0, 0.05) is 11.3 Å². The molecule has 108 valence electrons. The fourth-order valence-corrected chi connectivity index (χ4v) is 2.05. The number of carbonyl (C=O) groups is 2. The van der Waals surface area contributed by atoms with Crippen LogP contribution in [0.4, 0.5) is 5.69 Å². The summed E-state index contributed by atoms with van der Waals surface area (Å²) in [6.45, 7) is 4.06. The number of aryl methyl sites for hydroxylation is 2. The number of carbonyl (C=O) groups excluding carboxylic acids is 2. The Morgan fingerprint density at radius 3 is 2.48 bits per heavy atom. The van der Waals surface area contributed by atoms with E-state index in [-0.39, 0.29) is 5.91 Å². The van der Waals surface area contributed by atoms with Gasteiger partial charge in [0.05, 0.1) is 6.42 Å². The lowest BCUT2D eigenvalue weighted by Crippen LogP contribution is -2.16. The molecule has 0 bridgehead atoms. The van der Waals surface area contributed by atoms with E-state index >= 15 is 0 Å². The van der Waals surface area contributed by atoms with Gasteiger partial charge in [0.15, 0.2) is 0 Å². The normalized spacial score (nSPS) is 10.2. The van der Waals surface area contributed by atoms with Crippen LogP contribution in [-0.4, -0.2) is 11.8 Å². The van der Waals surface area contributed by atoms with Gasteiger partial charge in [-0.3, -0.25) is 9.59 Å². The summed E-state index contributed by atoms with van der Waals surface area (Å²) in [6, 6.07) is 12.6. The van der Waals surface area contributed by atoms with Crippen LogP contribution in [0.1, 0.15) is 27.0 Å². The summed E-state index contributed by atoms with van der Waals surface area (Å²) < 4.78 is 0. The molecule has 21 heavy (non-hydrogen) atoms. The van der Waals surface area contributed by atoms with Gasteiger partial charge in [0.1, 0.15) is 0 Å². The first kappa shape index (κ1) is 14.8. The van der Waals surface area contributed by atoms with Crippen molar-refractivity contribution in [2.75, 3.05) is 5.32 Å². The molecule has 0 spiro atoms. The molecule has 2 aromatic carbocycles. The average molecular weight is 282 g/mol. The zero-order valence-corrected chi connectivity index (χ0v) is 12.1. The third-order valence-electron chi connectivity index (χ3n) is 3.37. The van der Waals surface area contributed by atoms with Crippen LogP contribution >= 0.6 is 0 Å². The van der Waals surface area contributed by atoms with Crippen LogP contribution in [0.15, 0.2) is 42.5 Å². The Kier molecular flexibility index (Phi) is 4.38. The van der Waals surface area contributed by atoms with E-state index in [2.05, 4.69) is 5.32 Å². The molecule has 0 aliphatic heterocycles. The molecule has 2 amide bonds. The second kappa shape index (κ2) is 6.22. The van der Waals surface area contributed by atoms with E-state index in [1.54, 1.807) is 24.3 Å². The smallest absolute Gasteiger partial charge is 0.248 e. The molecule has 0 aliphatic rings. The molecular weight excluding hydrogens is 264 g/mol. The van der Waals surface area contributed by atoms with Crippen molar-refractivity contribution in [2.24, 2.45) is 5.73 Å². The number of amides is 2. The molecule has 3 N–H and O–H groups in total. The molecule has 0 saturated heterocycles. The lowest BCUT2D eigenvalue weighted by Gasteiger charge is -2.08. The van der Waals surface area contributed by atoms with Crippen molar-refractivity contribution in [3.63, 3.8) is 0 Å². The monoisotopic (exact) mass is 282 g/mol. The van der Waals surface area contributed by atoms with E-state index < -0.39 is 5.91 Å². The Balaban J connectivity index is 2.06. The van der Waals surface area contributed by atoms with Crippen molar-refractivity contribution >= 4 is 17.5 Å². The Bertz CT molecular complexity index is 693. The van der Waals surface area contributed by atoms with Crippen molar-refractivity contribution in [1.82, 2.24) is 0 Å². The van der Waals surface area contributed by atoms with Gasteiger partial charge in [-0.1, -0.05) is 24.3 Å².